The molecule has 1 spiro atoms. The molecule has 0 unspecified atom stereocenters. The Balaban J connectivity index is 1.59. The lowest BCUT2D eigenvalue weighted by Gasteiger charge is -2.42. The van der Waals surface area contributed by atoms with Crippen molar-refractivity contribution < 1.29 is 17.6 Å². The number of aromatic nitrogens is 3. The lowest BCUT2D eigenvalue weighted by Crippen LogP contribution is -2.50. The molecule has 4 N–H and O–H groups in total. The van der Waals surface area contributed by atoms with E-state index >= 15 is 0 Å². The minimum Gasteiger partial charge on any atom is -0.382 e. The van der Waals surface area contributed by atoms with Crippen LogP contribution in [-0.4, -0.2) is 39.8 Å². The zero-order valence-corrected chi connectivity index (χ0v) is 19.1. The van der Waals surface area contributed by atoms with Gasteiger partial charge in [0.1, 0.15) is 16.9 Å². The van der Waals surface area contributed by atoms with Crippen LogP contribution in [0.3, 0.4) is 0 Å². The van der Waals surface area contributed by atoms with Gasteiger partial charge in [-0.15, -0.1) is 0 Å². The molecule has 2 aliphatic rings. The van der Waals surface area contributed by atoms with Gasteiger partial charge in [0.2, 0.25) is 5.95 Å². The van der Waals surface area contributed by atoms with Crippen molar-refractivity contribution in [2.75, 3.05) is 23.7 Å². The van der Waals surface area contributed by atoms with Crippen LogP contribution < -0.4 is 21.9 Å². The number of nitrogen functional groups attached to an aromatic ring is 1. The molecule has 1 aliphatic heterocycles. The zero-order valence-electron chi connectivity index (χ0n) is 18.3. The van der Waals surface area contributed by atoms with Crippen molar-refractivity contribution in [3.05, 3.63) is 34.4 Å². The third kappa shape index (κ3) is 4.18. The summed E-state index contributed by atoms with van der Waals surface area (Å²) in [7, 11) is 1.51. The molecule has 2 aromatic heterocycles. The normalized spacial score (nSPS) is 25.1. The van der Waals surface area contributed by atoms with E-state index in [4.69, 9.17) is 11.5 Å². The second-order valence-corrected chi connectivity index (χ2v) is 9.99. The standard InChI is InChI=1S/C21H26F4N6OS/c1-11-10-20(15(26)13(11)22)5-8-31(9-6-20)19-29-17(27)14(18(32)30(19)2)33-12-4-3-7-28-16(12)21(23,24)25/h3-4,7,11,13,15H,5-6,8-10,26-27H2,1-2H3/t11-,13+,15+/m1/s1. The number of alkyl halides is 4. The summed E-state index contributed by atoms with van der Waals surface area (Å²) in [6.45, 7) is 2.93. The van der Waals surface area contributed by atoms with Crippen LogP contribution in [0.15, 0.2) is 32.9 Å². The lowest BCUT2D eigenvalue weighted by atomic mass is 9.74. The fourth-order valence-corrected chi connectivity index (χ4v) is 6.04. The first-order valence-electron chi connectivity index (χ1n) is 10.7. The van der Waals surface area contributed by atoms with E-state index in [0.29, 0.717) is 43.6 Å². The Bertz CT molecular complexity index is 1100. The minimum atomic E-state index is -4.67. The van der Waals surface area contributed by atoms with Crippen molar-refractivity contribution in [1.29, 1.82) is 0 Å². The van der Waals surface area contributed by atoms with Gasteiger partial charge in [-0.25, -0.2) is 4.39 Å². The maximum Gasteiger partial charge on any atom is 0.434 e. The summed E-state index contributed by atoms with van der Waals surface area (Å²) in [5.74, 6) is 0.0933. The number of rotatable bonds is 3. The van der Waals surface area contributed by atoms with Crippen LogP contribution in [0.1, 0.15) is 31.9 Å². The SMILES string of the molecule is C[C@@H]1CC2(CCN(c3nc(N)c(Sc4cccnc4C(F)(F)F)c(=O)n3C)CC2)[C@@H](N)[C@H]1F. The first-order valence-corrected chi connectivity index (χ1v) is 11.5. The number of nitrogens with zero attached hydrogens (tertiary/aromatic N) is 4. The molecule has 3 atom stereocenters. The number of piperidine rings is 1. The Morgan fingerprint density at radius 1 is 1.27 bits per heavy atom. The van der Waals surface area contributed by atoms with Crippen LogP contribution in [0.5, 0.6) is 0 Å². The van der Waals surface area contributed by atoms with Crippen LogP contribution in [0.25, 0.3) is 0 Å². The van der Waals surface area contributed by atoms with Gasteiger partial charge in [0.05, 0.1) is 0 Å². The lowest BCUT2D eigenvalue weighted by molar-refractivity contribution is -0.143. The summed E-state index contributed by atoms with van der Waals surface area (Å²) in [4.78, 5) is 22.4. The predicted octanol–water partition coefficient (Wildman–Crippen LogP) is 3.22. The molecule has 7 nitrogen and oxygen atoms in total. The molecule has 0 amide bonds. The molecule has 180 valence electrons. The Labute approximate surface area is 192 Å². The molecule has 4 rings (SSSR count). The van der Waals surface area contributed by atoms with Gasteiger partial charge in [0, 0.05) is 37.3 Å². The van der Waals surface area contributed by atoms with Gasteiger partial charge in [-0.05, 0) is 42.7 Å². The summed E-state index contributed by atoms with van der Waals surface area (Å²) in [5.41, 5.74) is 10.3. The molecular formula is C21H26F4N6OS. The summed E-state index contributed by atoms with van der Waals surface area (Å²) < 4.78 is 55.5. The average molecular weight is 487 g/mol. The maximum atomic E-state index is 14.4. The molecule has 1 saturated carbocycles. The highest BCUT2D eigenvalue weighted by molar-refractivity contribution is 7.99. The van der Waals surface area contributed by atoms with Crippen LogP contribution in [0.4, 0.5) is 29.3 Å². The van der Waals surface area contributed by atoms with Gasteiger partial charge in [0.15, 0.2) is 5.69 Å². The highest BCUT2D eigenvalue weighted by Gasteiger charge is 2.51. The van der Waals surface area contributed by atoms with Gasteiger partial charge >= 0.3 is 6.18 Å². The van der Waals surface area contributed by atoms with E-state index in [-0.39, 0.29) is 26.9 Å². The highest BCUT2D eigenvalue weighted by atomic mass is 32.2. The topological polar surface area (TPSA) is 103 Å². The summed E-state index contributed by atoms with van der Waals surface area (Å²) in [6, 6.07) is 2.08. The molecule has 0 aromatic carbocycles. The first-order chi connectivity index (χ1) is 15.4. The van der Waals surface area contributed by atoms with Gasteiger partial charge in [-0.3, -0.25) is 14.3 Å². The quantitative estimate of drug-likeness (QED) is 0.642. The van der Waals surface area contributed by atoms with E-state index in [9.17, 15) is 22.4 Å². The molecule has 0 bridgehead atoms. The number of halogens is 4. The smallest absolute Gasteiger partial charge is 0.382 e. The van der Waals surface area contributed by atoms with Gasteiger partial charge in [-0.2, -0.15) is 18.2 Å². The van der Waals surface area contributed by atoms with Crippen LogP contribution >= 0.6 is 11.8 Å². The van der Waals surface area contributed by atoms with Crippen molar-refractivity contribution in [3.8, 4) is 0 Å². The van der Waals surface area contributed by atoms with Crippen molar-refractivity contribution in [1.82, 2.24) is 14.5 Å². The maximum absolute atomic E-state index is 14.4. The van der Waals surface area contributed by atoms with Gasteiger partial charge < -0.3 is 16.4 Å². The van der Waals surface area contributed by atoms with Crippen LogP contribution in [0.2, 0.25) is 0 Å². The monoisotopic (exact) mass is 486 g/mol. The number of anilines is 2. The largest absolute Gasteiger partial charge is 0.434 e. The zero-order chi connectivity index (χ0) is 24.1. The van der Waals surface area contributed by atoms with Crippen molar-refractivity contribution in [2.45, 2.75) is 54.4 Å². The van der Waals surface area contributed by atoms with E-state index in [0.717, 1.165) is 12.6 Å². The molecule has 1 aliphatic carbocycles. The fraction of sp³-hybridized carbons (Fsp3) is 0.571. The Morgan fingerprint density at radius 3 is 2.52 bits per heavy atom. The van der Waals surface area contributed by atoms with E-state index in [1.807, 2.05) is 11.8 Å². The third-order valence-electron chi connectivity index (χ3n) is 6.87. The Morgan fingerprint density at radius 2 is 1.94 bits per heavy atom. The van der Waals surface area contributed by atoms with Gasteiger partial charge in [-0.1, -0.05) is 18.7 Å². The molecule has 3 heterocycles. The molecule has 0 radical (unpaired) electrons. The van der Waals surface area contributed by atoms with Crippen molar-refractivity contribution in [3.63, 3.8) is 0 Å². The van der Waals surface area contributed by atoms with Crippen LogP contribution in [0, 0.1) is 11.3 Å². The van der Waals surface area contributed by atoms with Crippen LogP contribution in [-0.2, 0) is 13.2 Å². The van der Waals surface area contributed by atoms with E-state index in [2.05, 4.69) is 9.97 Å². The highest BCUT2D eigenvalue weighted by Crippen LogP contribution is 2.49. The second-order valence-electron chi connectivity index (χ2n) is 8.94. The molecule has 2 fully saturated rings. The molecule has 33 heavy (non-hydrogen) atoms. The number of hydrogen-bond acceptors (Lipinski definition) is 7. The third-order valence-corrected chi connectivity index (χ3v) is 8.00. The molecule has 2 aromatic rings. The van der Waals surface area contributed by atoms with Crippen molar-refractivity contribution >= 4 is 23.5 Å². The molecule has 12 heteroatoms. The first kappa shape index (κ1) is 23.8. The minimum absolute atomic E-state index is 0.0879. The van der Waals surface area contributed by atoms with E-state index in [1.54, 1.807) is 0 Å². The van der Waals surface area contributed by atoms with Gasteiger partial charge in [0.25, 0.3) is 5.56 Å². The Kier molecular flexibility index (Phi) is 6.10. The van der Waals surface area contributed by atoms with E-state index < -0.39 is 29.6 Å². The molecule has 1 saturated heterocycles. The summed E-state index contributed by atoms with van der Waals surface area (Å²) in [6.07, 6.45) is -2.61. The number of hydrogen-bond donors (Lipinski definition) is 2. The fourth-order valence-electron chi connectivity index (χ4n) is 5.03. The average Bonchev–Trinajstić information content (AvgIpc) is 2.97. The summed E-state index contributed by atoms with van der Waals surface area (Å²) >= 11 is 0.600. The molecular weight excluding hydrogens is 460 g/mol. The Hall–Kier alpha value is -2.34. The van der Waals surface area contributed by atoms with E-state index in [1.165, 1.54) is 23.7 Å². The summed E-state index contributed by atoms with van der Waals surface area (Å²) in [5, 5.41) is 0. The van der Waals surface area contributed by atoms with Crippen molar-refractivity contribution in [2.24, 2.45) is 24.1 Å². The predicted molar refractivity (Wildman–Crippen MR) is 118 cm³/mol. The number of nitrogens with two attached hydrogens (primary N) is 2. The number of pyridine rings is 1. The second kappa shape index (κ2) is 8.46.